The van der Waals surface area contributed by atoms with Crippen LogP contribution >= 0.6 is 24.0 Å². The van der Waals surface area contributed by atoms with E-state index in [-0.39, 0.29) is 11.8 Å². The zero-order chi connectivity index (χ0) is 22.8. The van der Waals surface area contributed by atoms with Crippen LogP contribution in [0.4, 0.5) is 0 Å². The van der Waals surface area contributed by atoms with Gasteiger partial charge in [0.2, 0.25) is 0 Å². The van der Waals surface area contributed by atoms with Gasteiger partial charge in [0.25, 0.3) is 5.91 Å². The Hall–Kier alpha value is -3.35. The van der Waals surface area contributed by atoms with Gasteiger partial charge in [-0.15, -0.1) is 0 Å². The number of thiocarbonyl (C=S) groups is 1. The minimum absolute atomic E-state index is 0.104. The van der Waals surface area contributed by atoms with Gasteiger partial charge in [-0.3, -0.25) is 4.79 Å². The van der Waals surface area contributed by atoms with E-state index in [1.54, 1.807) is 0 Å². The minimum Gasteiger partial charge on any atom is -0.494 e. The standard InChI is InChI=1S/C27H21NO3S2/c1-2-30-19-14-12-18(13-15-19)25-21(16-23-26(29)28-27(32)33-23)24(17-8-4-3-5-9-17)20-10-6-7-11-22(20)31-25/h3-16,24H,2H2,1H3,(H,28,29,32)/b23-16-/t24-/m0/s1. The highest BCUT2D eigenvalue weighted by molar-refractivity contribution is 8.26. The maximum Gasteiger partial charge on any atom is 0.263 e. The van der Waals surface area contributed by atoms with Gasteiger partial charge in [-0.1, -0.05) is 72.5 Å². The maximum absolute atomic E-state index is 12.5. The number of hydrogen-bond donors (Lipinski definition) is 1. The molecule has 1 amide bonds. The van der Waals surface area contributed by atoms with E-state index in [4.69, 9.17) is 21.7 Å². The molecule has 5 rings (SSSR count). The van der Waals surface area contributed by atoms with Crippen molar-refractivity contribution in [2.75, 3.05) is 6.61 Å². The van der Waals surface area contributed by atoms with Gasteiger partial charge in [-0.05, 0) is 48.9 Å². The summed E-state index contributed by atoms with van der Waals surface area (Å²) in [5, 5.41) is 2.71. The third-order valence-electron chi connectivity index (χ3n) is 5.50. The minimum atomic E-state index is -0.186. The average Bonchev–Trinajstić information content (AvgIpc) is 3.16. The van der Waals surface area contributed by atoms with Crippen molar-refractivity contribution >= 4 is 40.0 Å². The van der Waals surface area contributed by atoms with Crippen molar-refractivity contribution in [2.24, 2.45) is 0 Å². The van der Waals surface area contributed by atoms with Crippen LogP contribution in [0.25, 0.3) is 5.76 Å². The van der Waals surface area contributed by atoms with Crippen molar-refractivity contribution in [1.82, 2.24) is 5.32 Å². The quantitative estimate of drug-likeness (QED) is 0.362. The van der Waals surface area contributed by atoms with E-state index < -0.39 is 0 Å². The zero-order valence-electron chi connectivity index (χ0n) is 17.9. The molecule has 33 heavy (non-hydrogen) atoms. The fourth-order valence-electron chi connectivity index (χ4n) is 4.09. The average molecular weight is 472 g/mol. The summed E-state index contributed by atoms with van der Waals surface area (Å²) in [6, 6.07) is 26.2. The summed E-state index contributed by atoms with van der Waals surface area (Å²) in [5.41, 5.74) is 3.99. The van der Waals surface area contributed by atoms with E-state index >= 15 is 0 Å². The van der Waals surface area contributed by atoms with E-state index in [2.05, 4.69) is 23.5 Å². The van der Waals surface area contributed by atoms with Gasteiger partial charge in [0.05, 0.1) is 11.5 Å². The highest BCUT2D eigenvalue weighted by Crippen LogP contribution is 2.47. The Morgan fingerprint density at radius 2 is 1.76 bits per heavy atom. The van der Waals surface area contributed by atoms with Crippen LogP contribution in [0.5, 0.6) is 11.5 Å². The van der Waals surface area contributed by atoms with E-state index in [1.807, 2.05) is 73.7 Å². The Morgan fingerprint density at radius 1 is 1.03 bits per heavy atom. The van der Waals surface area contributed by atoms with Crippen LogP contribution in [0, 0.1) is 0 Å². The number of hydrogen-bond acceptors (Lipinski definition) is 5. The summed E-state index contributed by atoms with van der Waals surface area (Å²) < 4.78 is 12.6. The number of para-hydroxylation sites is 1. The molecular formula is C27H21NO3S2. The highest BCUT2D eigenvalue weighted by Gasteiger charge is 2.32. The molecule has 0 unspecified atom stereocenters. The molecule has 3 aromatic carbocycles. The molecule has 1 N–H and O–H groups in total. The Bertz CT molecular complexity index is 1280. The molecule has 0 bridgehead atoms. The molecule has 2 heterocycles. The molecule has 0 spiro atoms. The van der Waals surface area contributed by atoms with Gasteiger partial charge < -0.3 is 14.8 Å². The molecule has 3 aromatic rings. The molecule has 2 aliphatic heterocycles. The molecule has 0 radical (unpaired) electrons. The number of amides is 1. The van der Waals surface area contributed by atoms with Crippen molar-refractivity contribution in [3.63, 3.8) is 0 Å². The normalized spacial score (nSPS) is 18.7. The van der Waals surface area contributed by atoms with Crippen LogP contribution in [0.2, 0.25) is 0 Å². The van der Waals surface area contributed by atoms with Gasteiger partial charge in [0.15, 0.2) is 0 Å². The zero-order valence-corrected chi connectivity index (χ0v) is 19.5. The Morgan fingerprint density at radius 3 is 2.45 bits per heavy atom. The second kappa shape index (κ2) is 9.25. The van der Waals surface area contributed by atoms with E-state index in [0.717, 1.165) is 33.8 Å². The number of ether oxygens (including phenoxy) is 2. The van der Waals surface area contributed by atoms with Gasteiger partial charge >= 0.3 is 0 Å². The highest BCUT2D eigenvalue weighted by atomic mass is 32.2. The first-order valence-electron chi connectivity index (χ1n) is 10.7. The second-order valence-corrected chi connectivity index (χ2v) is 9.30. The number of nitrogens with one attached hydrogen (secondary N) is 1. The topological polar surface area (TPSA) is 47.6 Å². The molecule has 6 heteroatoms. The van der Waals surface area contributed by atoms with Crippen molar-refractivity contribution in [2.45, 2.75) is 12.8 Å². The van der Waals surface area contributed by atoms with Gasteiger partial charge in [0, 0.05) is 22.6 Å². The number of allylic oxidation sites excluding steroid dienone is 2. The third-order valence-corrected chi connectivity index (χ3v) is 6.67. The second-order valence-electron chi connectivity index (χ2n) is 7.58. The first kappa shape index (κ1) is 21.5. The van der Waals surface area contributed by atoms with Gasteiger partial charge in [-0.2, -0.15) is 0 Å². The van der Waals surface area contributed by atoms with Crippen LogP contribution in [0.15, 0.2) is 95.4 Å². The summed E-state index contributed by atoms with van der Waals surface area (Å²) in [6.07, 6.45) is 1.92. The van der Waals surface area contributed by atoms with Gasteiger partial charge in [-0.25, -0.2) is 0 Å². The number of rotatable bonds is 5. The number of thioether (sulfide) groups is 1. The van der Waals surface area contributed by atoms with Gasteiger partial charge in [0.1, 0.15) is 21.6 Å². The van der Waals surface area contributed by atoms with Crippen LogP contribution in [0.1, 0.15) is 29.5 Å². The lowest BCUT2D eigenvalue weighted by atomic mass is 9.81. The van der Waals surface area contributed by atoms with Crippen molar-refractivity contribution < 1.29 is 14.3 Å². The monoisotopic (exact) mass is 471 g/mol. The molecule has 4 nitrogen and oxygen atoms in total. The van der Waals surface area contributed by atoms with E-state index in [9.17, 15) is 4.79 Å². The van der Waals surface area contributed by atoms with Crippen LogP contribution in [-0.4, -0.2) is 16.8 Å². The van der Waals surface area contributed by atoms with Crippen LogP contribution < -0.4 is 14.8 Å². The summed E-state index contributed by atoms with van der Waals surface area (Å²) >= 11 is 6.49. The molecule has 1 saturated heterocycles. The molecule has 0 aliphatic carbocycles. The SMILES string of the molecule is CCOc1ccc(C2=C(/C=C3\SC(=S)NC3=O)[C@@H](c3ccccc3)c3ccccc3O2)cc1. The lowest BCUT2D eigenvalue weighted by Crippen LogP contribution is -2.19. The number of benzene rings is 3. The summed E-state index contributed by atoms with van der Waals surface area (Å²) in [6.45, 7) is 2.56. The molecule has 0 saturated carbocycles. The third kappa shape index (κ3) is 4.32. The molecule has 164 valence electrons. The number of fused-ring (bicyclic) bond motifs is 1. The van der Waals surface area contributed by atoms with E-state index in [0.29, 0.717) is 21.6 Å². The van der Waals surface area contributed by atoms with Crippen molar-refractivity contribution in [3.8, 4) is 11.5 Å². The number of carbonyl (C=O) groups excluding carboxylic acids is 1. The first-order chi connectivity index (χ1) is 16.1. The van der Waals surface area contributed by atoms with Crippen molar-refractivity contribution in [1.29, 1.82) is 0 Å². The van der Waals surface area contributed by atoms with Crippen molar-refractivity contribution in [3.05, 3.63) is 112 Å². The summed E-state index contributed by atoms with van der Waals surface area (Å²) in [4.78, 5) is 13.1. The lowest BCUT2D eigenvalue weighted by molar-refractivity contribution is -0.115. The van der Waals surface area contributed by atoms with E-state index in [1.165, 1.54) is 11.8 Å². The molecule has 2 aliphatic rings. The molecular weight excluding hydrogens is 450 g/mol. The van der Waals surface area contributed by atoms with Crippen LogP contribution in [0.3, 0.4) is 0 Å². The Kier molecular flexibility index (Phi) is 6.03. The number of carbonyl (C=O) groups is 1. The lowest BCUT2D eigenvalue weighted by Gasteiger charge is -2.30. The van der Waals surface area contributed by atoms with Crippen LogP contribution in [-0.2, 0) is 4.79 Å². The molecule has 1 fully saturated rings. The first-order valence-corrected chi connectivity index (χ1v) is 11.9. The largest absolute Gasteiger partial charge is 0.494 e. The maximum atomic E-state index is 12.5. The summed E-state index contributed by atoms with van der Waals surface area (Å²) in [7, 11) is 0. The molecule has 0 aromatic heterocycles. The summed E-state index contributed by atoms with van der Waals surface area (Å²) in [5.74, 6) is 2.02. The fraction of sp³-hybridized carbons (Fsp3) is 0.111. The Labute approximate surface area is 202 Å². The fourth-order valence-corrected chi connectivity index (χ4v) is 5.13. The predicted molar refractivity (Wildman–Crippen MR) is 136 cm³/mol. The molecule has 1 atom stereocenters. The predicted octanol–water partition coefficient (Wildman–Crippen LogP) is 6.05. The smallest absolute Gasteiger partial charge is 0.263 e. The Balaban J connectivity index is 1.73.